The maximum Gasteiger partial charge on any atom is 0.223 e. The molecule has 224 valence electrons. The SMILES string of the molecule is COc1ccc(-c2nc(-c3ccncc3)nn2CCN(C(=O)CCC(=O)c2ccc([SH](=O)=O)cc2)C2CCCC2)cc1Cl. The highest BCUT2D eigenvalue weighted by atomic mass is 35.5. The second kappa shape index (κ2) is 13.9. The first-order chi connectivity index (χ1) is 20.8. The van der Waals surface area contributed by atoms with Crippen LogP contribution in [0.15, 0.2) is 71.9 Å². The lowest BCUT2D eigenvalue weighted by Crippen LogP contribution is -2.41. The highest BCUT2D eigenvalue weighted by Crippen LogP contribution is 2.31. The summed E-state index contributed by atoms with van der Waals surface area (Å²) in [5.74, 6) is 1.39. The molecule has 12 heteroatoms. The Bertz CT molecular complexity index is 1660. The molecule has 0 unspecified atom stereocenters. The Morgan fingerprint density at radius 3 is 2.37 bits per heavy atom. The molecule has 0 atom stereocenters. The van der Waals surface area contributed by atoms with Crippen molar-refractivity contribution in [2.45, 2.75) is 56.0 Å². The molecule has 2 aromatic heterocycles. The lowest BCUT2D eigenvalue weighted by Gasteiger charge is -2.29. The zero-order valence-corrected chi connectivity index (χ0v) is 25.3. The fraction of sp³-hybridized carbons (Fsp3) is 0.323. The first kappa shape index (κ1) is 30.4. The Morgan fingerprint density at radius 1 is 1.00 bits per heavy atom. The Labute approximate surface area is 256 Å². The van der Waals surface area contributed by atoms with Crippen LogP contribution < -0.4 is 4.74 Å². The van der Waals surface area contributed by atoms with Crippen molar-refractivity contribution in [2.75, 3.05) is 13.7 Å². The van der Waals surface area contributed by atoms with Crippen LogP contribution in [0.5, 0.6) is 5.75 Å². The van der Waals surface area contributed by atoms with Gasteiger partial charge in [0.2, 0.25) is 5.91 Å². The van der Waals surface area contributed by atoms with Gasteiger partial charge in [-0.3, -0.25) is 14.6 Å². The highest BCUT2D eigenvalue weighted by molar-refractivity contribution is 7.72. The van der Waals surface area contributed by atoms with Crippen molar-refractivity contribution >= 4 is 34.0 Å². The number of hydrogen-bond donors (Lipinski definition) is 1. The van der Waals surface area contributed by atoms with E-state index in [2.05, 4.69) is 4.98 Å². The lowest BCUT2D eigenvalue weighted by atomic mass is 10.1. The summed E-state index contributed by atoms with van der Waals surface area (Å²) in [6.07, 6.45) is 7.38. The normalized spacial score (nSPS) is 13.4. The van der Waals surface area contributed by atoms with Gasteiger partial charge in [0.25, 0.3) is 0 Å². The van der Waals surface area contributed by atoms with Crippen LogP contribution in [0.25, 0.3) is 22.8 Å². The molecule has 1 saturated carbocycles. The predicted molar refractivity (Wildman–Crippen MR) is 163 cm³/mol. The molecule has 0 radical (unpaired) electrons. The summed E-state index contributed by atoms with van der Waals surface area (Å²) in [4.78, 5) is 37.3. The number of benzene rings is 2. The number of amides is 1. The molecule has 1 fully saturated rings. The van der Waals surface area contributed by atoms with E-state index in [0.717, 1.165) is 36.8 Å². The number of halogens is 1. The third kappa shape index (κ3) is 7.29. The first-order valence-electron chi connectivity index (χ1n) is 14.1. The molecule has 1 aliphatic carbocycles. The van der Waals surface area contributed by atoms with Crippen LogP contribution in [0.1, 0.15) is 48.9 Å². The number of carbonyl (C=O) groups excluding carboxylic acids is 2. The van der Waals surface area contributed by atoms with E-state index in [1.54, 1.807) is 36.3 Å². The molecule has 1 aliphatic rings. The molecule has 0 saturated heterocycles. The quantitative estimate of drug-likeness (QED) is 0.172. The molecular formula is C31H32ClN5O5S. The molecule has 0 aliphatic heterocycles. The summed E-state index contributed by atoms with van der Waals surface area (Å²) in [5, 5.41) is 5.24. The van der Waals surface area contributed by atoms with Gasteiger partial charge in [-0.05, 0) is 55.3 Å². The zero-order valence-electron chi connectivity index (χ0n) is 23.7. The lowest BCUT2D eigenvalue weighted by molar-refractivity contribution is -0.133. The number of pyridine rings is 1. The van der Waals surface area contributed by atoms with Gasteiger partial charge in [-0.1, -0.05) is 36.6 Å². The van der Waals surface area contributed by atoms with E-state index in [4.69, 9.17) is 26.4 Å². The van der Waals surface area contributed by atoms with Crippen LogP contribution in [-0.4, -0.2) is 64.5 Å². The average molecular weight is 622 g/mol. The Kier molecular flexibility index (Phi) is 9.83. The number of aromatic nitrogens is 4. The van der Waals surface area contributed by atoms with Gasteiger partial charge in [-0.2, -0.15) is 5.10 Å². The van der Waals surface area contributed by atoms with E-state index in [0.29, 0.717) is 41.1 Å². The van der Waals surface area contributed by atoms with Crippen molar-refractivity contribution in [2.24, 2.45) is 0 Å². The topological polar surface area (TPSA) is 124 Å². The van der Waals surface area contributed by atoms with Crippen molar-refractivity contribution in [1.82, 2.24) is 24.6 Å². The molecule has 0 N–H and O–H groups in total. The number of Topliss-reactive ketones (excluding diaryl/α,β-unsaturated/α-hetero) is 1. The van der Waals surface area contributed by atoms with Gasteiger partial charge in [0.05, 0.1) is 23.6 Å². The molecule has 5 rings (SSSR count). The molecule has 1 amide bonds. The summed E-state index contributed by atoms with van der Waals surface area (Å²) in [5.41, 5.74) is 1.96. The van der Waals surface area contributed by atoms with Crippen molar-refractivity contribution in [3.05, 3.63) is 77.6 Å². The molecule has 2 heterocycles. The number of methoxy groups -OCH3 is 1. The van der Waals surface area contributed by atoms with Crippen LogP contribution in [0.2, 0.25) is 5.02 Å². The maximum atomic E-state index is 13.5. The van der Waals surface area contributed by atoms with E-state index in [-0.39, 0.29) is 35.5 Å². The Balaban J connectivity index is 1.35. The highest BCUT2D eigenvalue weighted by Gasteiger charge is 2.27. The summed E-state index contributed by atoms with van der Waals surface area (Å²) >= 11 is 6.44. The second-order valence-corrected chi connectivity index (χ2v) is 11.8. The van der Waals surface area contributed by atoms with Gasteiger partial charge in [0.15, 0.2) is 28.1 Å². The van der Waals surface area contributed by atoms with E-state index < -0.39 is 10.7 Å². The first-order valence-corrected chi connectivity index (χ1v) is 15.7. The van der Waals surface area contributed by atoms with Crippen molar-refractivity contribution < 1.29 is 22.7 Å². The number of carbonyl (C=O) groups is 2. The van der Waals surface area contributed by atoms with Crippen LogP contribution >= 0.6 is 11.6 Å². The fourth-order valence-electron chi connectivity index (χ4n) is 5.35. The molecule has 0 bridgehead atoms. The minimum atomic E-state index is -2.72. The maximum absolute atomic E-state index is 13.5. The Morgan fingerprint density at radius 2 is 1.72 bits per heavy atom. The summed E-state index contributed by atoms with van der Waals surface area (Å²) in [6, 6.07) is 15.0. The minimum absolute atomic E-state index is 0.0377. The van der Waals surface area contributed by atoms with Crippen LogP contribution in [-0.2, 0) is 22.0 Å². The van der Waals surface area contributed by atoms with Crippen molar-refractivity contribution in [3.8, 4) is 28.5 Å². The average Bonchev–Trinajstić information content (AvgIpc) is 3.71. The van der Waals surface area contributed by atoms with Gasteiger partial charge in [-0.15, -0.1) is 0 Å². The van der Waals surface area contributed by atoms with Gasteiger partial charge in [0.1, 0.15) is 5.75 Å². The van der Waals surface area contributed by atoms with Crippen LogP contribution in [0.4, 0.5) is 0 Å². The van der Waals surface area contributed by atoms with Gasteiger partial charge < -0.3 is 9.64 Å². The minimum Gasteiger partial charge on any atom is -0.495 e. The molecule has 10 nitrogen and oxygen atoms in total. The standard InChI is InChI=1S/C31H32ClN5O5S/c1-42-28-12-8-23(20-26(28)32)31-34-30(22-14-16-33-17-15-22)35-37(31)19-18-36(24-4-2-3-5-24)29(39)13-11-27(38)21-6-9-25(10-7-21)43(40)41/h6-10,12,14-17,20,24,43H,2-5,11,13,18-19H2,1H3. The zero-order chi connectivity index (χ0) is 30.3. The number of ketones is 1. The van der Waals surface area contributed by atoms with Crippen LogP contribution in [0, 0.1) is 0 Å². The van der Waals surface area contributed by atoms with Gasteiger partial charge >= 0.3 is 0 Å². The summed E-state index contributed by atoms with van der Waals surface area (Å²) < 4.78 is 29.4. The molecule has 2 aromatic carbocycles. The third-order valence-electron chi connectivity index (χ3n) is 7.62. The summed E-state index contributed by atoms with van der Waals surface area (Å²) in [7, 11) is -1.16. The van der Waals surface area contributed by atoms with E-state index in [1.807, 2.05) is 23.1 Å². The molecule has 4 aromatic rings. The number of ether oxygens (including phenoxy) is 1. The monoisotopic (exact) mass is 621 g/mol. The van der Waals surface area contributed by atoms with E-state index in [9.17, 15) is 18.0 Å². The number of hydrogen-bond acceptors (Lipinski definition) is 8. The number of rotatable bonds is 12. The predicted octanol–water partition coefficient (Wildman–Crippen LogP) is 5.07. The molecule has 0 spiro atoms. The van der Waals surface area contributed by atoms with Gasteiger partial charge in [-0.25, -0.2) is 18.1 Å². The number of nitrogens with zero attached hydrogens (tertiary/aromatic N) is 5. The molecular weight excluding hydrogens is 590 g/mol. The Hall–Kier alpha value is -4.09. The fourth-order valence-corrected chi connectivity index (χ4v) is 6.00. The van der Waals surface area contributed by atoms with Gasteiger partial charge in [0, 0.05) is 54.5 Å². The summed E-state index contributed by atoms with van der Waals surface area (Å²) in [6.45, 7) is 0.793. The van der Waals surface area contributed by atoms with E-state index in [1.165, 1.54) is 24.3 Å². The largest absolute Gasteiger partial charge is 0.495 e. The second-order valence-electron chi connectivity index (χ2n) is 10.3. The van der Waals surface area contributed by atoms with E-state index >= 15 is 0 Å². The van der Waals surface area contributed by atoms with Crippen molar-refractivity contribution in [1.29, 1.82) is 0 Å². The van der Waals surface area contributed by atoms with Crippen molar-refractivity contribution in [3.63, 3.8) is 0 Å². The molecule has 43 heavy (non-hydrogen) atoms. The smallest absolute Gasteiger partial charge is 0.223 e. The van der Waals surface area contributed by atoms with Crippen LogP contribution in [0.3, 0.4) is 0 Å². The number of thiol groups is 1. The third-order valence-corrected chi connectivity index (χ3v) is 8.64.